The van der Waals surface area contributed by atoms with Crippen LogP contribution in [0.2, 0.25) is 4.34 Å². The minimum Gasteiger partial charge on any atom is -0.210 e. The predicted molar refractivity (Wildman–Crippen MR) is 72.5 cm³/mol. The third-order valence-electron chi connectivity index (χ3n) is 2.06. The van der Waals surface area contributed by atoms with E-state index in [4.69, 9.17) is 11.6 Å². The fraction of sp³-hybridized carbons (Fsp3) is 0.200. The Balaban J connectivity index is 1.94. The molecule has 7 heteroatoms. The predicted octanol–water partition coefficient (Wildman–Crippen LogP) is 2.98. The summed E-state index contributed by atoms with van der Waals surface area (Å²) in [6, 6.07) is 7.04. The highest BCUT2D eigenvalue weighted by Crippen LogP contribution is 2.25. The Kier molecular flexibility index (Phi) is 4.22. The molecule has 0 saturated carbocycles. The van der Waals surface area contributed by atoms with Crippen LogP contribution in [0.5, 0.6) is 0 Å². The van der Waals surface area contributed by atoms with Gasteiger partial charge in [0.2, 0.25) is 10.0 Å². The quantitative estimate of drug-likeness (QED) is 0.923. The summed E-state index contributed by atoms with van der Waals surface area (Å²) in [5, 5.41) is 1.98. The van der Waals surface area contributed by atoms with Gasteiger partial charge >= 0.3 is 0 Å². The van der Waals surface area contributed by atoms with E-state index in [9.17, 15) is 8.42 Å². The summed E-state index contributed by atoms with van der Waals surface area (Å²) in [4.78, 5) is 1.16. The average Bonchev–Trinajstić information content (AvgIpc) is 2.89. The van der Waals surface area contributed by atoms with Crippen LogP contribution < -0.4 is 4.72 Å². The first-order valence-electron chi connectivity index (χ1n) is 4.85. The molecule has 92 valence electrons. The second-order valence-corrected chi connectivity index (χ2v) is 8.03. The zero-order chi connectivity index (χ0) is 12.3. The lowest BCUT2D eigenvalue weighted by atomic mass is 10.3. The van der Waals surface area contributed by atoms with E-state index in [1.54, 1.807) is 17.4 Å². The molecule has 0 bridgehead atoms. The Hall–Kier alpha value is -0.400. The van der Waals surface area contributed by atoms with Gasteiger partial charge < -0.3 is 0 Å². The van der Waals surface area contributed by atoms with Crippen LogP contribution in [0.4, 0.5) is 0 Å². The lowest BCUT2D eigenvalue weighted by molar-refractivity contribution is 0.584. The number of thiophene rings is 2. The first-order chi connectivity index (χ1) is 8.08. The maximum absolute atomic E-state index is 11.8. The summed E-state index contributed by atoms with van der Waals surface area (Å²) >= 11 is 8.39. The largest absolute Gasteiger partial charge is 0.250 e. The van der Waals surface area contributed by atoms with Crippen molar-refractivity contribution in [3.8, 4) is 0 Å². The molecule has 0 aromatic carbocycles. The first-order valence-corrected chi connectivity index (χ1v) is 8.41. The van der Waals surface area contributed by atoms with Gasteiger partial charge in [0.25, 0.3) is 0 Å². The van der Waals surface area contributed by atoms with Gasteiger partial charge in [-0.25, -0.2) is 13.1 Å². The Morgan fingerprint density at radius 1 is 1.29 bits per heavy atom. The monoisotopic (exact) mass is 307 g/mol. The standard InChI is InChI=1S/C10H10ClNO2S3/c11-9-3-4-10(16-9)17(13,14)12-6-5-8-2-1-7-15-8/h1-4,7,12H,5-6H2. The third kappa shape index (κ3) is 3.53. The van der Waals surface area contributed by atoms with Crippen molar-refractivity contribution in [1.29, 1.82) is 0 Å². The second-order valence-electron chi connectivity index (χ2n) is 3.29. The highest BCUT2D eigenvalue weighted by atomic mass is 35.5. The second kappa shape index (κ2) is 5.49. The van der Waals surface area contributed by atoms with Gasteiger partial charge in [0.15, 0.2) is 0 Å². The van der Waals surface area contributed by atoms with Crippen molar-refractivity contribution >= 4 is 44.3 Å². The Morgan fingerprint density at radius 3 is 2.71 bits per heavy atom. The van der Waals surface area contributed by atoms with Crippen LogP contribution in [0, 0.1) is 0 Å². The number of sulfonamides is 1. The molecule has 17 heavy (non-hydrogen) atoms. The van der Waals surface area contributed by atoms with Crippen molar-refractivity contribution in [3.63, 3.8) is 0 Å². The fourth-order valence-electron chi connectivity index (χ4n) is 1.28. The summed E-state index contributed by atoms with van der Waals surface area (Å²) in [6.45, 7) is 0.401. The number of halogens is 1. The normalized spacial score (nSPS) is 11.8. The minimum absolute atomic E-state index is 0.258. The van der Waals surface area contributed by atoms with Crippen LogP contribution in [-0.4, -0.2) is 15.0 Å². The molecular formula is C10H10ClNO2S3. The zero-order valence-electron chi connectivity index (χ0n) is 8.72. The molecule has 0 unspecified atom stereocenters. The van der Waals surface area contributed by atoms with Crippen molar-refractivity contribution in [1.82, 2.24) is 4.72 Å². The summed E-state index contributed by atoms with van der Waals surface area (Å²) < 4.78 is 26.9. The number of nitrogens with one attached hydrogen (secondary N) is 1. The van der Waals surface area contributed by atoms with E-state index in [1.807, 2.05) is 17.5 Å². The lowest BCUT2D eigenvalue weighted by Crippen LogP contribution is -2.25. The molecule has 0 spiro atoms. The fourth-order valence-corrected chi connectivity index (χ4v) is 4.54. The summed E-state index contributed by atoms with van der Waals surface area (Å²) in [7, 11) is -3.40. The molecule has 0 amide bonds. The molecule has 2 aromatic rings. The van der Waals surface area contributed by atoms with E-state index in [0.29, 0.717) is 17.3 Å². The number of hydrogen-bond donors (Lipinski definition) is 1. The summed E-state index contributed by atoms with van der Waals surface area (Å²) in [5.74, 6) is 0. The number of hydrogen-bond acceptors (Lipinski definition) is 4. The molecule has 0 atom stereocenters. The maximum atomic E-state index is 11.8. The van der Waals surface area contributed by atoms with Crippen molar-refractivity contribution in [2.75, 3.05) is 6.54 Å². The molecule has 0 aliphatic carbocycles. The Morgan fingerprint density at radius 2 is 2.12 bits per heavy atom. The molecule has 2 rings (SSSR count). The van der Waals surface area contributed by atoms with Gasteiger partial charge in [0.05, 0.1) is 4.34 Å². The van der Waals surface area contributed by atoms with Crippen LogP contribution >= 0.6 is 34.3 Å². The molecule has 0 aliphatic rings. The van der Waals surface area contributed by atoms with Gasteiger partial charge in [-0.1, -0.05) is 17.7 Å². The molecule has 0 fully saturated rings. The van der Waals surface area contributed by atoms with Crippen molar-refractivity contribution in [2.24, 2.45) is 0 Å². The van der Waals surface area contributed by atoms with Crippen molar-refractivity contribution in [2.45, 2.75) is 10.6 Å². The molecule has 0 saturated heterocycles. The highest BCUT2D eigenvalue weighted by molar-refractivity contribution is 7.91. The molecule has 2 heterocycles. The van der Waals surface area contributed by atoms with E-state index in [-0.39, 0.29) is 4.21 Å². The average molecular weight is 308 g/mol. The van der Waals surface area contributed by atoms with Crippen molar-refractivity contribution in [3.05, 3.63) is 38.9 Å². The maximum Gasteiger partial charge on any atom is 0.250 e. The Labute approximate surface area is 113 Å². The van der Waals surface area contributed by atoms with Crippen LogP contribution in [-0.2, 0) is 16.4 Å². The van der Waals surface area contributed by atoms with E-state index in [1.165, 1.54) is 6.07 Å². The lowest BCUT2D eigenvalue weighted by Gasteiger charge is -2.03. The van der Waals surface area contributed by atoms with Gasteiger partial charge in [0.1, 0.15) is 4.21 Å². The topological polar surface area (TPSA) is 46.2 Å². The molecule has 3 nitrogen and oxygen atoms in total. The first kappa shape index (κ1) is 13.0. The van der Waals surface area contributed by atoms with Crippen molar-refractivity contribution < 1.29 is 8.42 Å². The highest BCUT2D eigenvalue weighted by Gasteiger charge is 2.15. The van der Waals surface area contributed by atoms with Gasteiger partial charge in [-0.05, 0) is 30.0 Å². The third-order valence-corrected chi connectivity index (χ3v) is 6.18. The van der Waals surface area contributed by atoms with Gasteiger partial charge in [-0.15, -0.1) is 22.7 Å². The van der Waals surface area contributed by atoms with Gasteiger partial charge in [0, 0.05) is 11.4 Å². The van der Waals surface area contributed by atoms with Gasteiger partial charge in [-0.2, -0.15) is 0 Å². The molecule has 0 radical (unpaired) electrons. The van der Waals surface area contributed by atoms with Crippen LogP contribution in [0.15, 0.2) is 33.9 Å². The molecule has 2 aromatic heterocycles. The SMILES string of the molecule is O=S(=O)(NCCc1cccs1)c1ccc(Cl)s1. The van der Waals surface area contributed by atoms with Crippen LogP contribution in [0.1, 0.15) is 4.88 Å². The number of rotatable bonds is 5. The Bertz CT molecular complexity index is 574. The molecular weight excluding hydrogens is 298 g/mol. The summed E-state index contributed by atoms with van der Waals surface area (Å²) in [5.41, 5.74) is 0. The smallest absolute Gasteiger partial charge is 0.210 e. The zero-order valence-corrected chi connectivity index (χ0v) is 11.9. The van der Waals surface area contributed by atoms with E-state index in [2.05, 4.69) is 4.72 Å². The van der Waals surface area contributed by atoms with E-state index in [0.717, 1.165) is 16.2 Å². The molecule has 1 N–H and O–H groups in total. The molecule has 0 aliphatic heterocycles. The van der Waals surface area contributed by atoms with Crippen LogP contribution in [0.3, 0.4) is 0 Å². The van der Waals surface area contributed by atoms with E-state index >= 15 is 0 Å². The van der Waals surface area contributed by atoms with E-state index < -0.39 is 10.0 Å². The van der Waals surface area contributed by atoms with Crippen LogP contribution in [0.25, 0.3) is 0 Å². The summed E-state index contributed by atoms with van der Waals surface area (Å²) in [6.07, 6.45) is 0.704. The van der Waals surface area contributed by atoms with Gasteiger partial charge in [-0.3, -0.25) is 0 Å². The minimum atomic E-state index is -3.40.